The third-order valence-electron chi connectivity index (χ3n) is 2.06. The molecule has 0 atom stereocenters. The summed E-state index contributed by atoms with van der Waals surface area (Å²) in [4.78, 5) is 28.1. The van der Waals surface area contributed by atoms with Crippen molar-refractivity contribution in [3.05, 3.63) is 40.1 Å². The number of rotatable bonds is 1. The molecule has 5 nitrogen and oxygen atoms in total. The zero-order chi connectivity index (χ0) is 11.7. The van der Waals surface area contributed by atoms with Gasteiger partial charge in [-0.05, 0) is 12.1 Å². The van der Waals surface area contributed by atoms with Gasteiger partial charge < -0.3 is 9.72 Å². The summed E-state index contributed by atoms with van der Waals surface area (Å²) in [5.74, 6) is -1.38. The Bertz CT molecular complexity index is 621. The standard InChI is InChI=1S/C10H7FN2O3/c1-16-10(15)5-2-6(11)9-7(3-5)12-4-8(14)13-9/h2-4H,1H3,(H,13,14). The fourth-order valence-corrected chi connectivity index (χ4v) is 1.34. The second-order valence-electron chi connectivity index (χ2n) is 3.09. The highest BCUT2D eigenvalue weighted by molar-refractivity contribution is 5.93. The molecule has 1 N–H and O–H groups in total. The fourth-order valence-electron chi connectivity index (χ4n) is 1.34. The second-order valence-corrected chi connectivity index (χ2v) is 3.09. The van der Waals surface area contributed by atoms with Crippen LogP contribution >= 0.6 is 0 Å². The van der Waals surface area contributed by atoms with E-state index in [4.69, 9.17) is 0 Å². The van der Waals surface area contributed by atoms with Crippen LogP contribution in [0.2, 0.25) is 0 Å². The lowest BCUT2D eigenvalue weighted by atomic mass is 10.2. The van der Waals surface area contributed by atoms with Gasteiger partial charge in [0.05, 0.1) is 24.4 Å². The SMILES string of the molecule is COC(=O)c1cc(F)c2[nH]c(=O)cnc2c1. The lowest BCUT2D eigenvalue weighted by molar-refractivity contribution is 0.0600. The Balaban J connectivity index is 2.73. The van der Waals surface area contributed by atoms with Crippen molar-refractivity contribution in [2.24, 2.45) is 0 Å². The maximum absolute atomic E-state index is 13.5. The van der Waals surface area contributed by atoms with Crippen molar-refractivity contribution in [2.75, 3.05) is 7.11 Å². The summed E-state index contributed by atoms with van der Waals surface area (Å²) in [7, 11) is 1.20. The molecule has 0 fully saturated rings. The van der Waals surface area contributed by atoms with E-state index >= 15 is 0 Å². The first-order valence-corrected chi connectivity index (χ1v) is 4.38. The fraction of sp³-hybridized carbons (Fsp3) is 0.100. The molecule has 6 heteroatoms. The number of benzene rings is 1. The molecule has 1 aromatic heterocycles. The van der Waals surface area contributed by atoms with Crippen LogP contribution in [0, 0.1) is 5.82 Å². The monoisotopic (exact) mass is 222 g/mol. The van der Waals surface area contributed by atoms with Crippen LogP contribution < -0.4 is 5.56 Å². The van der Waals surface area contributed by atoms with Gasteiger partial charge in [-0.15, -0.1) is 0 Å². The molecule has 0 radical (unpaired) electrons. The minimum atomic E-state index is -0.719. The molecular weight excluding hydrogens is 215 g/mol. The smallest absolute Gasteiger partial charge is 0.338 e. The quantitative estimate of drug-likeness (QED) is 0.726. The predicted molar refractivity (Wildman–Crippen MR) is 53.7 cm³/mol. The topological polar surface area (TPSA) is 72.1 Å². The van der Waals surface area contributed by atoms with Crippen molar-refractivity contribution in [1.29, 1.82) is 0 Å². The van der Waals surface area contributed by atoms with Gasteiger partial charge in [-0.1, -0.05) is 0 Å². The predicted octanol–water partition coefficient (Wildman–Crippen LogP) is 0.849. The van der Waals surface area contributed by atoms with Crippen LogP contribution in [0.15, 0.2) is 23.1 Å². The number of H-pyrrole nitrogens is 1. The highest BCUT2D eigenvalue weighted by atomic mass is 19.1. The van der Waals surface area contributed by atoms with Gasteiger partial charge in [-0.25, -0.2) is 14.2 Å². The number of halogens is 1. The van der Waals surface area contributed by atoms with Gasteiger partial charge in [-0.3, -0.25) is 4.79 Å². The number of methoxy groups -OCH3 is 1. The number of carbonyl (C=O) groups excluding carboxylic acids is 1. The van der Waals surface area contributed by atoms with E-state index in [2.05, 4.69) is 14.7 Å². The Morgan fingerprint density at radius 3 is 2.94 bits per heavy atom. The highest BCUT2D eigenvalue weighted by Crippen LogP contribution is 2.15. The van der Waals surface area contributed by atoms with E-state index < -0.39 is 17.3 Å². The highest BCUT2D eigenvalue weighted by Gasteiger charge is 2.11. The first-order valence-electron chi connectivity index (χ1n) is 4.38. The number of fused-ring (bicyclic) bond motifs is 1. The molecule has 0 bridgehead atoms. The zero-order valence-corrected chi connectivity index (χ0v) is 8.28. The summed E-state index contributed by atoms with van der Waals surface area (Å²) in [6.07, 6.45) is 1.02. The van der Waals surface area contributed by atoms with Crippen molar-refractivity contribution in [3.63, 3.8) is 0 Å². The van der Waals surface area contributed by atoms with E-state index in [0.717, 1.165) is 12.3 Å². The molecule has 0 aliphatic heterocycles. The van der Waals surface area contributed by atoms with E-state index in [-0.39, 0.29) is 16.6 Å². The molecular formula is C10H7FN2O3. The summed E-state index contributed by atoms with van der Waals surface area (Å²) < 4.78 is 18.0. The Hall–Kier alpha value is -2.24. The number of esters is 1. The van der Waals surface area contributed by atoms with Crippen LogP contribution in [0.5, 0.6) is 0 Å². The van der Waals surface area contributed by atoms with E-state index in [0.29, 0.717) is 0 Å². The molecule has 2 rings (SSSR count). The molecule has 0 aliphatic rings. The summed E-state index contributed by atoms with van der Waals surface area (Å²) in [6, 6.07) is 2.34. The van der Waals surface area contributed by atoms with E-state index in [1.807, 2.05) is 0 Å². The van der Waals surface area contributed by atoms with Crippen molar-refractivity contribution in [1.82, 2.24) is 9.97 Å². The Kier molecular flexibility index (Phi) is 2.40. The molecule has 1 heterocycles. The Labute approximate surface area is 88.9 Å². The third-order valence-corrected chi connectivity index (χ3v) is 2.06. The largest absolute Gasteiger partial charge is 0.465 e. The molecule has 16 heavy (non-hydrogen) atoms. The molecule has 0 aliphatic carbocycles. The summed E-state index contributed by atoms with van der Waals surface area (Å²) in [5, 5.41) is 0. The number of ether oxygens (including phenoxy) is 1. The van der Waals surface area contributed by atoms with Crippen LogP contribution in [0.25, 0.3) is 11.0 Å². The third kappa shape index (κ3) is 1.65. The number of carbonyl (C=O) groups is 1. The van der Waals surface area contributed by atoms with Gasteiger partial charge in [0.25, 0.3) is 5.56 Å². The molecule has 0 spiro atoms. The lowest BCUT2D eigenvalue weighted by Crippen LogP contribution is -2.08. The first kappa shape index (κ1) is 10.3. The van der Waals surface area contributed by atoms with Gasteiger partial charge in [-0.2, -0.15) is 0 Å². The summed E-state index contributed by atoms with van der Waals surface area (Å²) in [6.45, 7) is 0. The number of hydrogen-bond acceptors (Lipinski definition) is 4. The summed E-state index contributed by atoms with van der Waals surface area (Å²) in [5.41, 5.74) is -0.288. The first-order chi connectivity index (χ1) is 7.61. The van der Waals surface area contributed by atoms with Crippen molar-refractivity contribution in [2.45, 2.75) is 0 Å². The number of hydrogen-bond donors (Lipinski definition) is 1. The number of nitrogens with zero attached hydrogens (tertiary/aromatic N) is 1. The lowest BCUT2D eigenvalue weighted by Gasteiger charge is -2.02. The van der Waals surface area contributed by atoms with Crippen LogP contribution in [0.1, 0.15) is 10.4 Å². The van der Waals surface area contributed by atoms with Gasteiger partial charge in [0.1, 0.15) is 11.3 Å². The van der Waals surface area contributed by atoms with Crippen LogP contribution in [0.3, 0.4) is 0 Å². The number of aromatic nitrogens is 2. The van der Waals surface area contributed by atoms with Crippen molar-refractivity contribution in [3.8, 4) is 0 Å². The Morgan fingerprint density at radius 1 is 1.50 bits per heavy atom. The van der Waals surface area contributed by atoms with Gasteiger partial charge >= 0.3 is 5.97 Å². The zero-order valence-electron chi connectivity index (χ0n) is 8.28. The Morgan fingerprint density at radius 2 is 2.25 bits per heavy atom. The van der Waals surface area contributed by atoms with Gasteiger partial charge in [0.2, 0.25) is 0 Å². The summed E-state index contributed by atoms with van der Waals surface area (Å²) >= 11 is 0. The van der Waals surface area contributed by atoms with Gasteiger partial charge in [0, 0.05) is 0 Å². The minimum Gasteiger partial charge on any atom is -0.465 e. The molecule has 0 saturated carbocycles. The molecule has 1 aromatic carbocycles. The number of aromatic amines is 1. The normalized spacial score (nSPS) is 10.4. The number of nitrogens with one attached hydrogen (secondary N) is 1. The second kappa shape index (κ2) is 3.73. The van der Waals surface area contributed by atoms with Crippen molar-refractivity contribution < 1.29 is 13.9 Å². The average molecular weight is 222 g/mol. The minimum absolute atomic E-state index is 0.0276. The average Bonchev–Trinajstić information content (AvgIpc) is 2.28. The van der Waals surface area contributed by atoms with Gasteiger partial charge in [0.15, 0.2) is 0 Å². The molecule has 82 valence electrons. The van der Waals surface area contributed by atoms with Crippen LogP contribution in [0.4, 0.5) is 4.39 Å². The van der Waals surface area contributed by atoms with Crippen LogP contribution in [-0.4, -0.2) is 23.0 Å². The molecule has 0 unspecified atom stereocenters. The van der Waals surface area contributed by atoms with Crippen molar-refractivity contribution >= 4 is 17.0 Å². The van der Waals surface area contributed by atoms with E-state index in [1.54, 1.807) is 0 Å². The molecule has 2 aromatic rings. The molecule has 0 saturated heterocycles. The maximum atomic E-state index is 13.5. The maximum Gasteiger partial charge on any atom is 0.338 e. The molecule has 0 amide bonds. The van der Waals surface area contributed by atoms with E-state index in [9.17, 15) is 14.0 Å². The van der Waals surface area contributed by atoms with E-state index in [1.165, 1.54) is 13.2 Å². The van der Waals surface area contributed by atoms with Crippen LogP contribution in [-0.2, 0) is 4.74 Å².